The van der Waals surface area contributed by atoms with E-state index in [1.165, 1.54) is 6.20 Å². The average Bonchev–Trinajstić information content (AvgIpc) is 2.25. The highest BCUT2D eigenvalue weighted by Gasteiger charge is 2.17. The van der Waals surface area contributed by atoms with Gasteiger partial charge in [0, 0.05) is 12.6 Å². The van der Waals surface area contributed by atoms with Crippen molar-refractivity contribution in [1.29, 1.82) is 0 Å². The van der Waals surface area contributed by atoms with Crippen LogP contribution in [-0.4, -0.2) is 10.8 Å². The van der Waals surface area contributed by atoms with Crippen molar-refractivity contribution in [1.82, 2.24) is 4.98 Å². The van der Waals surface area contributed by atoms with Crippen LogP contribution < -0.4 is 0 Å². The number of pyridine rings is 1. The predicted molar refractivity (Wildman–Crippen MR) is 62.1 cm³/mol. The van der Waals surface area contributed by atoms with Gasteiger partial charge in [-0.3, -0.25) is 9.78 Å². The Bertz CT molecular complexity index is 374. The minimum atomic E-state index is -0.446. The van der Waals surface area contributed by atoms with Crippen LogP contribution in [0.25, 0.3) is 0 Å². The van der Waals surface area contributed by atoms with Crippen LogP contribution in [0.1, 0.15) is 62.0 Å². The van der Waals surface area contributed by atoms with Gasteiger partial charge in [0.15, 0.2) is 11.6 Å². The summed E-state index contributed by atoms with van der Waals surface area (Å²) >= 11 is 0. The lowest BCUT2D eigenvalue weighted by molar-refractivity contribution is 0.0970. The van der Waals surface area contributed by atoms with Gasteiger partial charge in [-0.1, -0.05) is 27.2 Å². The highest BCUT2D eigenvalue weighted by Crippen LogP contribution is 2.20. The van der Waals surface area contributed by atoms with Gasteiger partial charge >= 0.3 is 0 Å². The molecule has 0 unspecified atom stereocenters. The smallest absolute Gasteiger partial charge is 0.184 e. The van der Waals surface area contributed by atoms with Gasteiger partial charge in [0.25, 0.3) is 0 Å². The van der Waals surface area contributed by atoms with E-state index in [9.17, 15) is 9.18 Å². The molecule has 2 nitrogen and oxygen atoms in total. The minimum absolute atomic E-state index is 0.000324. The van der Waals surface area contributed by atoms with Gasteiger partial charge in [0.2, 0.25) is 0 Å². The third-order valence-electron chi connectivity index (χ3n) is 2.56. The number of aromatic nitrogens is 1. The maximum Gasteiger partial charge on any atom is 0.184 e. The molecule has 1 aromatic heterocycles. The maximum atomic E-state index is 13.9. The van der Waals surface area contributed by atoms with E-state index in [1.54, 1.807) is 6.07 Å². The molecule has 0 spiro atoms. The SMILES string of the molecule is CCCCC(=O)c1nccc(C(C)C)c1F. The number of ketones is 1. The molecule has 0 atom stereocenters. The number of rotatable bonds is 5. The van der Waals surface area contributed by atoms with E-state index in [2.05, 4.69) is 4.98 Å². The van der Waals surface area contributed by atoms with E-state index >= 15 is 0 Å². The molecular weight excluding hydrogens is 205 g/mol. The fraction of sp³-hybridized carbons (Fsp3) is 0.538. The summed E-state index contributed by atoms with van der Waals surface area (Å²) in [5.41, 5.74) is 0.564. The molecule has 3 heteroatoms. The average molecular weight is 223 g/mol. The van der Waals surface area contributed by atoms with Crippen molar-refractivity contribution in [3.05, 3.63) is 29.3 Å². The van der Waals surface area contributed by atoms with Crippen molar-refractivity contribution < 1.29 is 9.18 Å². The minimum Gasteiger partial charge on any atom is -0.292 e. The first kappa shape index (κ1) is 12.8. The Labute approximate surface area is 95.9 Å². The third kappa shape index (κ3) is 2.87. The molecule has 0 aliphatic carbocycles. The van der Waals surface area contributed by atoms with E-state index in [-0.39, 0.29) is 17.4 Å². The topological polar surface area (TPSA) is 30.0 Å². The number of unbranched alkanes of at least 4 members (excludes halogenated alkanes) is 1. The number of hydrogen-bond acceptors (Lipinski definition) is 2. The molecule has 0 radical (unpaired) electrons. The lowest BCUT2D eigenvalue weighted by atomic mass is 10.0. The van der Waals surface area contributed by atoms with Gasteiger partial charge in [-0.25, -0.2) is 4.39 Å². The zero-order valence-electron chi connectivity index (χ0n) is 10.1. The Morgan fingerprint density at radius 2 is 2.19 bits per heavy atom. The summed E-state index contributed by atoms with van der Waals surface area (Å²) in [5.74, 6) is -0.568. The third-order valence-corrected chi connectivity index (χ3v) is 2.56. The Morgan fingerprint density at radius 3 is 2.75 bits per heavy atom. The molecule has 0 saturated heterocycles. The van der Waals surface area contributed by atoms with Gasteiger partial charge < -0.3 is 0 Å². The van der Waals surface area contributed by atoms with Crippen LogP contribution in [0.15, 0.2) is 12.3 Å². The van der Waals surface area contributed by atoms with E-state index < -0.39 is 5.82 Å². The normalized spacial score (nSPS) is 10.8. The number of carbonyl (C=O) groups excluding carboxylic acids is 1. The van der Waals surface area contributed by atoms with E-state index in [1.807, 2.05) is 20.8 Å². The number of nitrogens with zero attached hydrogens (tertiary/aromatic N) is 1. The molecule has 0 aliphatic heterocycles. The van der Waals surface area contributed by atoms with Crippen LogP contribution in [-0.2, 0) is 0 Å². The van der Waals surface area contributed by atoms with Crippen LogP contribution in [0.5, 0.6) is 0 Å². The lowest BCUT2D eigenvalue weighted by Crippen LogP contribution is -2.08. The second kappa shape index (κ2) is 5.73. The van der Waals surface area contributed by atoms with E-state index in [4.69, 9.17) is 0 Å². The quantitative estimate of drug-likeness (QED) is 0.712. The van der Waals surface area contributed by atoms with Gasteiger partial charge in [0.1, 0.15) is 5.69 Å². The van der Waals surface area contributed by atoms with Crippen molar-refractivity contribution in [3.8, 4) is 0 Å². The second-order valence-electron chi connectivity index (χ2n) is 4.24. The van der Waals surface area contributed by atoms with E-state index in [0.29, 0.717) is 12.0 Å². The lowest BCUT2D eigenvalue weighted by Gasteiger charge is -2.09. The van der Waals surface area contributed by atoms with Crippen molar-refractivity contribution in [2.45, 2.75) is 46.0 Å². The Morgan fingerprint density at radius 1 is 1.50 bits per heavy atom. The number of carbonyl (C=O) groups is 1. The number of hydrogen-bond donors (Lipinski definition) is 0. The molecule has 0 amide bonds. The molecule has 0 aliphatic rings. The van der Waals surface area contributed by atoms with Crippen molar-refractivity contribution in [2.24, 2.45) is 0 Å². The van der Waals surface area contributed by atoms with Crippen LogP contribution in [0.3, 0.4) is 0 Å². The molecule has 1 aromatic rings. The van der Waals surface area contributed by atoms with Crippen molar-refractivity contribution >= 4 is 5.78 Å². The van der Waals surface area contributed by atoms with Crippen molar-refractivity contribution in [3.63, 3.8) is 0 Å². The molecular formula is C13H18FNO. The molecule has 0 aromatic carbocycles. The van der Waals surface area contributed by atoms with Gasteiger partial charge in [0.05, 0.1) is 0 Å². The van der Waals surface area contributed by atoms with Gasteiger partial charge in [-0.15, -0.1) is 0 Å². The second-order valence-corrected chi connectivity index (χ2v) is 4.24. The molecule has 1 heterocycles. The molecule has 16 heavy (non-hydrogen) atoms. The largest absolute Gasteiger partial charge is 0.292 e. The highest BCUT2D eigenvalue weighted by atomic mass is 19.1. The molecule has 88 valence electrons. The zero-order chi connectivity index (χ0) is 12.1. The van der Waals surface area contributed by atoms with Gasteiger partial charge in [-0.05, 0) is 24.0 Å². The molecule has 0 saturated carbocycles. The van der Waals surface area contributed by atoms with Crippen LogP contribution >= 0.6 is 0 Å². The molecule has 0 N–H and O–H groups in total. The summed E-state index contributed by atoms with van der Waals surface area (Å²) in [6.07, 6.45) is 3.60. The van der Waals surface area contributed by atoms with Crippen molar-refractivity contribution in [2.75, 3.05) is 0 Å². The molecule has 0 fully saturated rings. The first-order chi connectivity index (χ1) is 7.57. The summed E-state index contributed by atoms with van der Waals surface area (Å²) in [6.45, 7) is 5.80. The van der Waals surface area contributed by atoms with Crippen LogP contribution in [0, 0.1) is 5.82 Å². The van der Waals surface area contributed by atoms with Crippen LogP contribution in [0.4, 0.5) is 4.39 Å². The summed E-state index contributed by atoms with van der Waals surface area (Å²) < 4.78 is 13.9. The number of halogens is 1. The maximum absolute atomic E-state index is 13.9. The molecule has 1 rings (SSSR count). The number of Topliss-reactive ketones (excluding diaryl/α,β-unsaturated/α-hetero) is 1. The Hall–Kier alpha value is -1.25. The standard InChI is InChI=1S/C13H18FNO/c1-4-5-6-11(16)13-12(14)10(9(2)3)7-8-15-13/h7-9H,4-6H2,1-3H3. The summed E-state index contributed by atoms with van der Waals surface area (Å²) in [4.78, 5) is 15.5. The fourth-order valence-corrected chi connectivity index (χ4v) is 1.55. The monoisotopic (exact) mass is 223 g/mol. The summed E-state index contributed by atoms with van der Waals surface area (Å²) in [5, 5.41) is 0. The fourth-order valence-electron chi connectivity index (χ4n) is 1.55. The first-order valence-electron chi connectivity index (χ1n) is 5.75. The molecule has 0 bridgehead atoms. The van der Waals surface area contributed by atoms with Crippen LogP contribution in [0.2, 0.25) is 0 Å². The summed E-state index contributed by atoms with van der Waals surface area (Å²) in [7, 11) is 0. The van der Waals surface area contributed by atoms with E-state index in [0.717, 1.165) is 12.8 Å². The zero-order valence-corrected chi connectivity index (χ0v) is 10.1. The Balaban J connectivity index is 2.96. The predicted octanol–water partition coefficient (Wildman–Crippen LogP) is 3.72. The van der Waals surface area contributed by atoms with Gasteiger partial charge in [-0.2, -0.15) is 0 Å². The highest BCUT2D eigenvalue weighted by molar-refractivity contribution is 5.94. The Kier molecular flexibility index (Phi) is 4.59. The summed E-state index contributed by atoms with van der Waals surface area (Å²) in [6, 6.07) is 1.64. The first-order valence-corrected chi connectivity index (χ1v) is 5.75.